The number of hydrogen-bond donors (Lipinski definition) is 1. The third-order valence-electron chi connectivity index (χ3n) is 4.45. The second kappa shape index (κ2) is 8.90. The minimum absolute atomic E-state index is 0.0268. The lowest BCUT2D eigenvalue weighted by Crippen LogP contribution is -2.30. The molecule has 0 bridgehead atoms. The van der Waals surface area contributed by atoms with Crippen molar-refractivity contribution in [3.8, 4) is 0 Å². The first-order valence-corrected chi connectivity index (χ1v) is 10.1. The maximum atomic E-state index is 12.3. The highest BCUT2D eigenvalue weighted by Crippen LogP contribution is 2.38. The van der Waals surface area contributed by atoms with E-state index in [-0.39, 0.29) is 17.2 Å². The summed E-state index contributed by atoms with van der Waals surface area (Å²) in [5.74, 6) is 0.647. The maximum absolute atomic E-state index is 12.3. The van der Waals surface area contributed by atoms with Crippen LogP contribution >= 0.6 is 11.8 Å². The van der Waals surface area contributed by atoms with Crippen LogP contribution in [0.4, 0.5) is 0 Å². The van der Waals surface area contributed by atoms with Gasteiger partial charge >= 0.3 is 0 Å². The van der Waals surface area contributed by atoms with Crippen molar-refractivity contribution in [2.45, 2.75) is 25.1 Å². The molecule has 5 heteroatoms. The number of nitrogens with one attached hydrogen (secondary N) is 1. The molecule has 0 aromatic heterocycles. The molecule has 0 radical (unpaired) electrons. The Morgan fingerprint density at radius 2 is 1.88 bits per heavy atom. The lowest BCUT2D eigenvalue weighted by atomic mass is 10.1. The zero-order valence-electron chi connectivity index (χ0n) is 15.0. The molecular formula is C21H24N2O2S. The summed E-state index contributed by atoms with van der Waals surface area (Å²) >= 11 is 1.65. The topological polar surface area (TPSA) is 49.4 Å². The van der Waals surface area contributed by atoms with Crippen LogP contribution in [-0.4, -0.2) is 35.6 Å². The molecule has 136 valence electrons. The molecule has 1 aliphatic heterocycles. The zero-order valence-corrected chi connectivity index (χ0v) is 15.8. The third kappa shape index (κ3) is 4.47. The van der Waals surface area contributed by atoms with Crippen LogP contribution in [-0.2, 0) is 11.2 Å². The molecule has 2 aromatic carbocycles. The first-order valence-electron chi connectivity index (χ1n) is 9.02. The summed E-state index contributed by atoms with van der Waals surface area (Å²) in [4.78, 5) is 26.3. The van der Waals surface area contributed by atoms with E-state index >= 15 is 0 Å². The lowest BCUT2D eigenvalue weighted by Gasteiger charge is -2.24. The van der Waals surface area contributed by atoms with Crippen molar-refractivity contribution in [1.29, 1.82) is 0 Å². The van der Waals surface area contributed by atoms with Crippen LogP contribution in [0.2, 0.25) is 0 Å². The lowest BCUT2D eigenvalue weighted by molar-refractivity contribution is -0.128. The quantitative estimate of drug-likeness (QED) is 0.812. The Labute approximate surface area is 159 Å². The standard InChI is InChI=1S/C21H24N2O2S/c1-2-13-22-20(25)17-8-10-18(11-9-17)21-23(19(24)15-26-21)14-12-16-6-4-3-5-7-16/h3-11,21H,2,12-15H2,1H3,(H,22,25)/t21-/m0/s1. The Morgan fingerprint density at radius 3 is 2.58 bits per heavy atom. The van der Waals surface area contributed by atoms with Crippen molar-refractivity contribution < 1.29 is 9.59 Å². The average Bonchev–Trinajstić information content (AvgIpc) is 3.06. The van der Waals surface area contributed by atoms with Crippen molar-refractivity contribution in [2.75, 3.05) is 18.8 Å². The number of nitrogens with zero attached hydrogens (tertiary/aromatic N) is 1. The predicted octanol–water partition coefficient (Wildman–Crippen LogP) is 3.64. The summed E-state index contributed by atoms with van der Waals surface area (Å²) < 4.78 is 0. The Morgan fingerprint density at radius 1 is 1.15 bits per heavy atom. The van der Waals surface area contributed by atoms with Gasteiger partial charge in [-0.15, -0.1) is 11.8 Å². The van der Waals surface area contributed by atoms with Crippen molar-refractivity contribution in [3.05, 3.63) is 71.3 Å². The van der Waals surface area contributed by atoms with Gasteiger partial charge < -0.3 is 10.2 Å². The van der Waals surface area contributed by atoms with Gasteiger partial charge in [-0.25, -0.2) is 0 Å². The van der Waals surface area contributed by atoms with Crippen molar-refractivity contribution in [3.63, 3.8) is 0 Å². The molecule has 3 rings (SSSR count). The van der Waals surface area contributed by atoms with Crippen LogP contribution in [0.1, 0.15) is 40.2 Å². The van der Waals surface area contributed by atoms with Crippen LogP contribution in [0, 0.1) is 0 Å². The number of thioether (sulfide) groups is 1. The minimum Gasteiger partial charge on any atom is -0.352 e. The van der Waals surface area contributed by atoms with Gasteiger partial charge in [-0.3, -0.25) is 9.59 Å². The van der Waals surface area contributed by atoms with Crippen LogP contribution in [0.5, 0.6) is 0 Å². The normalized spacial score (nSPS) is 16.7. The van der Waals surface area contributed by atoms with Crippen LogP contribution in [0.3, 0.4) is 0 Å². The van der Waals surface area contributed by atoms with Crippen molar-refractivity contribution >= 4 is 23.6 Å². The summed E-state index contributed by atoms with van der Waals surface area (Å²) in [6.07, 6.45) is 1.77. The fourth-order valence-electron chi connectivity index (χ4n) is 3.01. The number of amides is 2. The minimum atomic E-state index is -0.0468. The molecule has 1 heterocycles. The van der Waals surface area contributed by atoms with E-state index in [2.05, 4.69) is 17.4 Å². The maximum Gasteiger partial charge on any atom is 0.251 e. The van der Waals surface area contributed by atoms with Crippen LogP contribution in [0.15, 0.2) is 54.6 Å². The molecule has 2 amide bonds. The summed E-state index contributed by atoms with van der Waals surface area (Å²) in [6.45, 7) is 3.42. The van der Waals surface area contributed by atoms with E-state index in [1.807, 2.05) is 54.3 Å². The van der Waals surface area contributed by atoms with E-state index in [1.165, 1.54) is 5.56 Å². The highest BCUT2D eigenvalue weighted by atomic mass is 32.2. The number of hydrogen-bond acceptors (Lipinski definition) is 3. The number of carbonyl (C=O) groups excluding carboxylic acids is 2. The largest absolute Gasteiger partial charge is 0.352 e. The molecule has 0 aliphatic carbocycles. The monoisotopic (exact) mass is 368 g/mol. The van der Waals surface area contributed by atoms with Gasteiger partial charge in [0.2, 0.25) is 5.91 Å². The molecule has 26 heavy (non-hydrogen) atoms. The van der Waals surface area contributed by atoms with E-state index in [1.54, 1.807) is 11.8 Å². The Kier molecular flexibility index (Phi) is 6.34. The number of benzene rings is 2. The number of carbonyl (C=O) groups is 2. The molecule has 1 saturated heterocycles. The molecule has 1 fully saturated rings. The highest BCUT2D eigenvalue weighted by molar-refractivity contribution is 8.00. The van der Waals surface area contributed by atoms with Gasteiger partial charge in [0.15, 0.2) is 0 Å². The second-order valence-electron chi connectivity index (χ2n) is 6.36. The van der Waals surface area contributed by atoms with E-state index < -0.39 is 0 Å². The summed E-state index contributed by atoms with van der Waals surface area (Å²) in [7, 11) is 0. The van der Waals surface area contributed by atoms with E-state index in [0.29, 0.717) is 24.4 Å². The molecule has 0 spiro atoms. The van der Waals surface area contributed by atoms with Gasteiger partial charge in [0.1, 0.15) is 5.37 Å². The molecular weight excluding hydrogens is 344 g/mol. The Balaban J connectivity index is 1.66. The van der Waals surface area contributed by atoms with Gasteiger partial charge in [0.05, 0.1) is 5.75 Å². The number of rotatable bonds is 7. The second-order valence-corrected chi connectivity index (χ2v) is 7.43. The highest BCUT2D eigenvalue weighted by Gasteiger charge is 2.32. The molecule has 1 aliphatic rings. The summed E-state index contributed by atoms with van der Waals surface area (Å²) in [5.41, 5.74) is 2.97. The van der Waals surface area contributed by atoms with Gasteiger partial charge in [-0.05, 0) is 36.1 Å². The molecule has 0 saturated carbocycles. The molecule has 0 unspecified atom stereocenters. The smallest absolute Gasteiger partial charge is 0.251 e. The molecule has 1 N–H and O–H groups in total. The van der Waals surface area contributed by atoms with E-state index in [0.717, 1.165) is 18.4 Å². The van der Waals surface area contributed by atoms with Gasteiger partial charge in [0.25, 0.3) is 5.91 Å². The van der Waals surface area contributed by atoms with Gasteiger partial charge in [0, 0.05) is 18.7 Å². The van der Waals surface area contributed by atoms with Crippen molar-refractivity contribution in [1.82, 2.24) is 10.2 Å². The fraction of sp³-hybridized carbons (Fsp3) is 0.333. The van der Waals surface area contributed by atoms with E-state index in [9.17, 15) is 9.59 Å². The van der Waals surface area contributed by atoms with Crippen LogP contribution < -0.4 is 5.32 Å². The zero-order chi connectivity index (χ0) is 18.4. The first kappa shape index (κ1) is 18.5. The Hall–Kier alpha value is -2.27. The van der Waals surface area contributed by atoms with Crippen molar-refractivity contribution in [2.24, 2.45) is 0 Å². The molecule has 4 nitrogen and oxygen atoms in total. The van der Waals surface area contributed by atoms with Gasteiger partial charge in [-0.1, -0.05) is 49.4 Å². The third-order valence-corrected chi connectivity index (χ3v) is 5.70. The average molecular weight is 369 g/mol. The van der Waals surface area contributed by atoms with Crippen LogP contribution in [0.25, 0.3) is 0 Å². The predicted molar refractivity (Wildman–Crippen MR) is 106 cm³/mol. The molecule has 1 atom stereocenters. The fourth-order valence-corrected chi connectivity index (χ4v) is 4.22. The van der Waals surface area contributed by atoms with Gasteiger partial charge in [-0.2, -0.15) is 0 Å². The first-order chi connectivity index (χ1) is 12.7. The Bertz CT molecular complexity index is 746. The summed E-state index contributed by atoms with van der Waals surface area (Å²) in [5, 5.41) is 2.91. The van der Waals surface area contributed by atoms with E-state index in [4.69, 9.17) is 0 Å². The SMILES string of the molecule is CCCNC(=O)c1ccc([C@@H]2SCC(=O)N2CCc2ccccc2)cc1. The molecule has 2 aromatic rings. The summed E-state index contributed by atoms with van der Waals surface area (Å²) in [6, 6.07) is 17.9.